The molecule has 0 amide bonds. The highest BCUT2D eigenvalue weighted by atomic mass is 32.2. The first-order valence-electron chi connectivity index (χ1n) is 5.82. The van der Waals surface area contributed by atoms with Crippen LogP contribution < -0.4 is 5.73 Å². The summed E-state index contributed by atoms with van der Waals surface area (Å²) in [5, 5.41) is 0. The first-order valence-corrected chi connectivity index (χ1v) is 6.98. The third-order valence-corrected chi connectivity index (χ3v) is 4.04. The molecular formula is C11H24N2S. The summed E-state index contributed by atoms with van der Waals surface area (Å²) in [6, 6.07) is 0.863. The molecule has 0 unspecified atom stereocenters. The number of rotatable bonds is 6. The summed E-state index contributed by atoms with van der Waals surface area (Å²) in [4.78, 5) is 2.54. The lowest BCUT2D eigenvalue weighted by molar-refractivity contribution is 0.202. The first-order chi connectivity index (χ1) is 6.84. The minimum atomic E-state index is 0.817. The molecule has 2 nitrogen and oxygen atoms in total. The molecule has 0 saturated heterocycles. The molecule has 0 aromatic carbocycles. The standard InChI is InChI=1S/C11H24N2S/c1-13(8-10-14-9-7-12)11-5-3-2-4-6-11/h11H,2-10,12H2,1H3. The van der Waals surface area contributed by atoms with Crippen molar-refractivity contribution in [3.05, 3.63) is 0 Å². The van der Waals surface area contributed by atoms with Gasteiger partial charge in [-0.15, -0.1) is 0 Å². The van der Waals surface area contributed by atoms with Gasteiger partial charge in [0.15, 0.2) is 0 Å². The third-order valence-electron chi connectivity index (χ3n) is 3.05. The molecule has 0 radical (unpaired) electrons. The van der Waals surface area contributed by atoms with Gasteiger partial charge in [-0.25, -0.2) is 0 Å². The number of hydrogen-bond acceptors (Lipinski definition) is 3. The van der Waals surface area contributed by atoms with Crippen molar-refractivity contribution in [1.82, 2.24) is 4.90 Å². The van der Waals surface area contributed by atoms with E-state index in [1.54, 1.807) is 0 Å². The van der Waals surface area contributed by atoms with E-state index in [0.717, 1.165) is 18.3 Å². The van der Waals surface area contributed by atoms with Gasteiger partial charge in [-0.1, -0.05) is 19.3 Å². The van der Waals surface area contributed by atoms with Gasteiger partial charge in [-0.2, -0.15) is 11.8 Å². The fourth-order valence-corrected chi connectivity index (χ4v) is 2.89. The molecule has 0 aliphatic heterocycles. The maximum absolute atomic E-state index is 5.45. The van der Waals surface area contributed by atoms with Gasteiger partial charge >= 0.3 is 0 Å². The fraction of sp³-hybridized carbons (Fsp3) is 1.00. The summed E-state index contributed by atoms with van der Waals surface area (Å²) in [5.41, 5.74) is 5.45. The zero-order chi connectivity index (χ0) is 10.2. The minimum absolute atomic E-state index is 0.817. The molecular weight excluding hydrogens is 192 g/mol. The maximum atomic E-state index is 5.45. The Morgan fingerprint density at radius 2 is 1.93 bits per heavy atom. The van der Waals surface area contributed by atoms with Crippen molar-refractivity contribution < 1.29 is 0 Å². The van der Waals surface area contributed by atoms with Crippen molar-refractivity contribution in [3.8, 4) is 0 Å². The van der Waals surface area contributed by atoms with Gasteiger partial charge < -0.3 is 10.6 Å². The van der Waals surface area contributed by atoms with Crippen LogP contribution in [-0.2, 0) is 0 Å². The quantitative estimate of drug-likeness (QED) is 0.688. The van der Waals surface area contributed by atoms with E-state index in [0.29, 0.717) is 0 Å². The molecule has 1 fully saturated rings. The van der Waals surface area contributed by atoms with Gasteiger partial charge in [0.1, 0.15) is 0 Å². The molecule has 0 aromatic heterocycles. The Hall–Kier alpha value is 0.270. The van der Waals surface area contributed by atoms with Crippen LogP contribution in [0, 0.1) is 0 Å². The highest BCUT2D eigenvalue weighted by Crippen LogP contribution is 2.21. The lowest BCUT2D eigenvalue weighted by atomic mass is 9.94. The van der Waals surface area contributed by atoms with Crippen molar-refractivity contribution in [3.63, 3.8) is 0 Å². The Morgan fingerprint density at radius 1 is 1.21 bits per heavy atom. The summed E-state index contributed by atoms with van der Waals surface area (Å²) in [7, 11) is 2.28. The smallest absolute Gasteiger partial charge is 0.00925 e. The topological polar surface area (TPSA) is 29.3 Å². The Balaban J connectivity index is 2.04. The molecule has 0 spiro atoms. The Morgan fingerprint density at radius 3 is 2.57 bits per heavy atom. The summed E-state index contributed by atoms with van der Waals surface area (Å²) in [6.07, 6.45) is 7.15. The molecule has 0 bridgehead atoms. The predicted octanol–water partition coefficient (Wildman–Crippen LogP) is 1.94. The molecule has 0 aromatic rings. The summed E-state index contributed by atoms with van der Waals surface area (Å²) in [6.45, 7) is 2.05. The van der Waals surface area contributed by atoms with Crippen molar-refractivity contribution in [2.24, 2.45) is 5.73 Å². The fourth-order valence-electron chi connectivity index (χ4n) is 2.10. The Labute approximate surface area is 92.6 Å². The van der Waals surface area contributed by atoms with Gasteiger partial charge in [0.25, 0.3) is 0 Å². The average Bonchev–Trinajstić information content (AvgIpc) is 2.25. The second-order valence-corrected chi connectivity index (χ2v) is 5.40. The number of hydrogen-bond donors (Lipinski definition) is 1. The largest absolute Gasteiger partial charge is 0.330 e. The zero-order valence-corrected chi connectivity index (χ0v) is 10.2. The van der Waals surface area contributed by atoms with Gasteiger partial charge in [-0.05, 0) is 19.9 Å². The molecule has 84 valence electrons. The lowest BCUT2D eigenvalue weighted by Crippen LogP contribution is -2.35. The van der Waals surface area contributed by atoms with Crippen LogP contribution in [-0.4, -0.2) is 42.6 Å². The summed E-state index contributed by atoms with van der Waals surface area (Å²) >= 11 is 1.98. The molecule has 1 saturated carbocycles. The van der Waals surface area contributed by atoms with E-state index in [1.165, 1.54) is 44.4 Å². The molecule has 3 heteroatoms. The lowest BCUT2D eigenvalue weighted by Gasteiger charge is -2.31. The van der Waals surface area contributed by atoms with Gasteiger partial charge in [0.2, 0.25) is 0 Å². The van der Waals surface area contributed by atoms with Gasteiger partial charge in [0, 0.05) is 30.6 Å². The van der Waals surface area contributed by atoms with Crippen molar-refractivity contribution >= 4 is 11.8 Å². The first kappa shape index (κ1) is 12.3. The van der Waals surface area contributed by atoms with Crippen LogP contribution in [0.4, 0.5) is 0 Å². The van der Waals surface area contributed by atoms with E-state index in [-0.39, 0.29) is 0 Å². The molecule has 1 aliphatic rings. The number of nitrogens with zero attached hydrogens (tertiary/aromatic N) is 1. The molecule has 0 atom stereocenters. The van der Waals surface area contributed by atoms with E-state index in [4.69, 9.17) is 5.73 Å². The van der Waals surface area contributed by atoms with Crippen LogP contribution in [0.3, 0.4) is 0 Å². The van der Waals surface area contributed by atoms with Gasteiger partial charge in [0.05, 0.1) is 0 Å². The van der Waals surface area contributed by atoms with Crippen molar-refractivity contribution in [1.29, 1.82) is 0 Å². The van der Waals surface area contributed by atoms with Crippen molar-refractivity contribution in [2.45, 2.75) is 38.1 Å². The zero-order valence-electron chi connectivity index (χ0n) is 9.37. The molecule has 1 rings (SSSR count). The second kappa shape index (κ2) is 7.55. The van der Waals surface area contributed by atoms with E-state index in [2.05, 4.69) is 11.9 Å². The van der Waals surface area contributed by atoms with Gasteiger partial charge in [-0.3, -0.25) is 0 Å². The van der Waals surface area contributed by atoms with Crippen LogP contribution >= 0.6 is 11.8 Å². The molecule has 2 N–H and O–H groups in total. The minimum Gasteiger partial charge on any atom is -0.330 e. The summed E-state index contributed by atoms with van der Waals surface area (Å²) in [5.74, 6) is 2.35. The van der Waals surface area contributed by atoms with E-state index >= 15 is 0 Å². The van der Waals surface area contributed by atoms with Crippen LogP contribution in [0.15, 0.2) is 0 Å². The molecule has 14 heavy (non-hydrogen) atoms. The van der Waals surface area contributed by atoms with Crippen LogP contribution in [0.2, 0.25) is 0 Å². The monoisotopic (exact) mass is 216 g/mol. The third kappa shape index (κ3) is 4.67. The van der Waals surface area contributed by atoms with E-state index < -0.39 is 0 Å². The number of thioether (sulfide) groups is 1. The highest BCUT2D eigenvalue weighted by molar-refractivity contribution is 7.99. The SMILES string of the molecule is CN(CCSCCN)C1CCCCC1. The van der Waals surface area contributed by atoms with Crippen LogP contribution in [0.1, 0.15) is 32.1 Å². The maximum Gasteiger partial charge on any atom is 0.00925 e. The Kier molecular flexibility index (Phi) is 6.65. The highest BCUT2D eigenvalue weighted by Gasteiger charge is 2.16. The Bertz CT molecular complexity index is 135. The number of nitrogens with two attached hydrogens (primary N) is 1. The van der Waals surface area contributed by atoms with Crippen LogP contribution in [0.25, 0.3) is 0 Å². The average molecular weight is 216 g/mol. The summed E-state index contributed by atoms with van der Waals surface area (Å²) < 4.78 is 0. The van der Waals surface area contributed by atoms with Crippen molar-refractivity contribution in [2.75, 3.05) is 31.6 Å². The normalized spacial score (nSPS) is 19.1. The molecule has 1 aliphatic carbocycles. The second-order valence-electron chi connectivity index (χ2n) is 4.17. The van der Waals surface area contributed by atoms with E-state index in [9.17, 15) is 0 Å². The molecule has 0 heterocycles. The van der Waals surface area contributed by atoms with Crippen LogP contribution in [0.5, 0.6) is 0 Å². The predicted molar refractivity (Wildman–Crippen MR) is 65.9 cm³/mol. The van der Waals surface area contributed by atoms with E-state index in [1.807, 2.05) is 11.8 Å².